The number of carbonyl (C=O) groups excluding carboxylic acids is 1. The Labute approximate surface area is 175 Å². The number of para-hydroxylation sites is 1. The van der Waals surface area contributed by atoms with Gasteiger partial charge >= 0.3 is 0 Å². The predicted octanol–water partition coefficient (Wildman–Crippen LogP) is 6.11. The molecule has 3 aromatic carbocycles. The molecular weight excluding hydrogens is 376 g/mol. The van der Waals surface area contributed by atoms with Gasteiger partial charge in [0, 0.05) is 6.08 Å². The molecule has 1 heterocycles. The summed E-state index contributed by atoms with van der Waals surface area (Å²) in [5.41, 5.74) is 4.27. The van der Waals surface area contributed by atoms with E-state index in [1.54, 1.807) is 22.3 Å². The van der Waals surface area contributed by atoms with E-state index in [4.69, 9.17) is 4.98 Å². The Morgan fingerprint density at radius 1 is 0.966 bits per heavy atom. The summed E-state index contributed by atoms with van der Waals surface area (Å²) >= 11 is 1.56. The van der Waals surface area contributed by atoms with Crippen LogP contribution in [0.15, 0.2) is 84.9 Å². The van der Waals surface area contributed by atoms with Crippen molar-refractivity contribution in [2.45, 2.75) is 19.9 Å². The SMILES string of the molecule is CCc1cccc2sc(N(Cc3ccccc3)C(=O)/C=C/c3ccccc3)nc12. The van der Waals surface area contributed by atoms with Gasteiger partial charge in [0.15, 0.2) is 5.13 Å². The molecule has 1 aromatic heterocycles. The zero-order valence-corrected chi connectivity index (χ0v) is 17.1. The molecule has 0 atom stereocenters. The van der Waals surface area contributed by atoms with E-state index < -0.39 is 0 Å². The Hall–Kier alpha value is -3.24. The number of aromatic nitrogens is 1. The lowest BCUT2D eigenvalue weighted by molar-refractivity contribution is -0.114. The lowest BCUT2D eigenvalue weighted by atomic mass is 10.1. The molecule has 0 N–H and O–H groups in total. The predicted molar refractivity (Wildman–Crippen MR) is 122 cm³/mol. The first-order valence-corrected chi connectivity index (χ1v) is 10.5. The fourth-order valence-corrected chi connectivity index (χ4v) is 4.24. The molecule has 4 aromatic rings. The summed E-state index contributed by atoms with van der Waals surface area (Å²) in [6.07, 6.45) is 4.40. The van der Waals surface area contributed by atoms with Crippen molar-refractivity contribution in [3.63, 3.8) is 0 Å². The lowest BCUT2D eigenvalue weighted by Gasteiger charge is -2.18. The van der Waals surface area contributed by atoms with Crippen LogP contribution in [0.3, 0.4) is 0 Å². The second kappa shape index (κ2) is 8.84. The van der Waals surface area contributed by atoms with Crippen molar-refractivity contribution < 1.29 is 4.79 Å². The Bertz CT molecular complexity index is 1130. The number of anilines is 1. The molecule has 0 bridgehead atoms. The van der Waals surface area contributed by atoms with E-state index in [9.17, 15) is 4.79 Å². The van der Waals surface area contributed by atoms with Crippen LogP contribution >= 0.6 is 11.3 Å². The molecule has 144 valence electrons. The number of amides is 1. The van der Waals surface area contributed by atoms with Crippen LogP contribution < -0.4 is 4.90 Å². The summed E-state index contributed by atoms with van der Waals surface area (Å²) in [7, 11) is 0. The molecule has 1 amide bonds. The molecular formula is C25H22N2OS. The van der Waals surface area contributed by atoms with Gasteiger partial charge in [0.25, 0.3) is 5.91 Å². The maximum absolute atomic E-state index is 13.2. The Balaban J connectivity index is 1.70. The van der Waals surface area contributed by atoms with Gasteiger partial charge in [-0.2, -0.15) is 0 Å². The molecule has 0 unspecified atom stereocenters. The fourth-order valence-electron chi connectivity index (χ4n) is 3.22. The van der Waals surface area contributed by atoms with E-state index in [0.29, 0.717) is 6.54 Å². The second-order valence-corrected chi connectivity index (χ2v) is 7.78. The normalized spacial score (nSPS) is 11.2. The highest BCUT2D eigenvalue weighted by Gasteiger charge is 2.19. The van der Waals surface area contributed by atoms with Crippen molar-refractivity contribution in [2.75, 3.05) is 4.90 Å². The van der Waals surface area contributed by atoms with Gasteiger partial charge in [0.1, 0.15) is 0 Å². The third-order valence-electron chi connectivity index (χ3n) is 4.77. The van der Waals surface area contributed by atoms with E-state index in [-0.39, 0.29) is 5.91 Å². The highest BCUT2D eigenvalue weighted by Crippen LogP contribution is 2.32. The third-order valence-corrected chi connectivity index (χ3v) is 5.81. The van der Waals surface area contributed by atoms with Crippen molar-refractivity contribution >= 4 is 38.7 Å². The van der Waals surface area contributed by atoms with Gasteiger partial charge in [-0.3, -0.25) is 9.69 Å². The van der Waals surface area contributed by atoms with Crippen LogP contribution in [0.25, 0.3) is 16.3 Å². The minimum absolute atomic E-state index is 0.0742. The number of fused-ring (bicyclic) bond motifs is 1. The first-order chi connectivity index (χ1) is 14.2. The van der Waals surface area contributed by atoms with E-state index >= 15 is 0 Å². The number of aryl methyl sites for hydroxylation is 1. The maximum atomic E-state index is 13.2. The first-order valence-electron chi connectivity index (χ1n) is 9.71. The van der Waals surface area contributed by atoms with Crippen LogP contribution in [0, 0.1) is 0 Å². The van der Waals surface area contributed by atoms with Gasteiger partial charge < -0.3 is 0 Å². The number of benzene rings is 3. The molecule has 0 aliphatic heterocycles. The fraction of sp³-hybridized carbons (Fsp3) is 0.120. The van der Waals surface area contributed by atoms with Crippen molar-refractivity contribution in [3.05, 3.63) is 102 Å². The van der Waals surface area contributed by atoms with Crippen LogP contribution in [0.5, 0.6) is 0 Å². The molecule has 0 aliphatic carbocycles. The summed E-state index contributed by atoms with van der Waals surface area (Å²) in [6.45, 7) is 2.61. The van der Waals surface area contributed by atoms with Gasteiger partial charge in [-0.05, 0) is 35.3 Å². The summed E-state index contributed by atoms with van der Waals surface area (Å²) in [5.74, 6) is -0.0742. The average Bonchev–Trinajstić information content (AvgIpc) is 3.21. The molecule has 4 rings (SSSR count). The van der Waals surface area contributed by atoms with Gasteiger partial charge in [0.2, 0.25) is 0 Å². The maximum Gasteiger partial charge on any atom is 0.253 e. The number of thiazole rings is 1. The molecule has 0 radical (unpaired) electrons. The van der Waals surface area contributed by atoms with Crippen LogP contribution in [0.1, 0.15) is 23.6 Å². The van der Waals surface area contributed by atoms with Crippen LogP contribution in [0.2, 0.25) is 0 Å². The average molecular weight is 399 g/mol. The van der Waals surface area contributed by atoms with E-state index in [2.05, 4.69) is 25.1 Å². The molecule has 0 saturated heterocycles. The summed E-state index contributed by atoms with van der Waals surface area (Å²) < 4.78 is 1.11. The molecule has 0 saturated carbocycles. The van der Waals surface area contributed by atoms with Crippen LogP contribution in [-0.4, -0.2) is 10.9 Å². The Morgan fingerprint density at radius 2 is 1.69 bits per heavy atom. The van der Waals surface area contributed by atoms with Gasteiger partial charge in [-0.1, -0.05) is 91.1 Å². The van der Waals surface area contributed by atoms with Crippen molar-refractivity contribution in [3.8, 4) is 0 Å². The summed E-state index contributed by atoms with van der Waals surface area (Å²) in [4.78, 5) is 19.8. The molecule has 0 aliphatic rings. The third kappa shape index (κ3) is 4.44. The summed E-state index contributed by atoms with van der Waals surface area (Å²) in [5, 5.41) is 0.729. The molecule has 0 spiro atoms. The van der Waals surface area contributed by atoms with Crippen molar-refractivity contribution in [1.29, 1.82) is 0 Å². The number of rotatable bonds is 6. The minimum Gasteiger partial charge on any atom is -0.280 e. The number of carbonyl (C=O) groups is 1. The second-order valence-electron chi connectivity index (χ2n) is 6.77. The van der Waals surface area contributed by atoms with Crippen molar-refractivity contribution in [1.82, 2.24) is 4.98 Å². The largest absolute Gasteiger partial charge is 0.280 e. The van der Waals surface area contributed by atoms with Crippen molar-refractivity contribution in [2.24, 2.45) is 0 Å². The minimum atomic E-state index is -0.0742. The Kier molecular flexibility index (Phi) is 5.82. The molecule has 3 nitrogen and oxygen atoms in total. The van der Waals surface area contributed by atoms with Crippen LogP contribution in [0.4, 0.5) is 5.13 Å². The van der Waals surface area contributed by atoms with E-state index in [0.717, 1.165) is 32.9 Å². The topological polar surface area (TPSA) is 33.2 Å². The van der Waals surface area contributed by atoms with Gasteiger partial charge in [-0.15, -0.1) is 0 Å². The monoisotopic (exact) mass is 398 g/mol. The smallest absolute Gasteiger partial charge is 0.253 e. The summed E-state index contributed by atoms with van der Waals surface area (Å²) in [6, 6.07) is 26.1. The van der Waals surface area contributed by atoms with E-state index in [1.807, 2.05) is 66.7 Å². The quantitative estimate of drug-likeness (QED) is 0.367. The van der Waals surface area contributed by atoms with Gasteiger partial charge in [0.05, 0.1) is 16.8 Å². The molecule has 0 fully saturated rings. The van der Waals surface area contributed by atoms with E-state index in [1.165, 1.54) is 5.56 Å². The van der Waals surface area contributed by atoms with Crippen LogP contribution in [-0.2, 0) is 17.8 Å². The highest BCUT2D eigenvalue weighted by molar-refractivity contribution is 7.22. The highest BCUT2D eigenvalue weighted by atomic mass is 32.1. The lowest BCUT2D eigenvalue weighted by Crippen LogP contribution is -2.28. The number of hydrogen-bond donors (Lipinski definition) is 0. The molecule has 29 heavy (non-hydrogen) atoms. The number of nitrogens with zero attached hydrogens (tertiary/aromatic N) is 2. The number of hydrogen-bond acceptors (Lipinski definition) is 3. The Morgan fingerprint density at radius 3 is 2.41 bits per heavy atom. The zero-order chi connectivity index (χ0) is 20.1. The molecule has 4 heteroatoms. The van der Waals surface area contributed by atoms with Gasteiger partial charge in [-0.25, -0.2) is 4.98 Å². The first kappa shape index (κ1) is 19.1. The zero-order valence-electron chi connectivity index (χ0n) is 16.3. The standard InChI is InChI=1S/C25H22N2OS/c1-2-21-14-9-15-22-24(21)26-25(29-22)27(18-20-12-7-4-8-13-20)23(28)17-16-19-10-5-3-6-11-19/h3-17H,2,18H2,1H3/b17-16+.